The van der Waals surface area contributed by atoms with Gasteiger partial charge in [0.2, 0.25) is 0 Å². The highest BCUT2D eigenvalue weighted by atomic mass is 127. The molecule has 112 valence electrons. The van der Waals surface area contributed by atoms with Crippen molar-refractivity contribution in [3.05, 3.63) is 67.2 Å². The molecule has 4 nitrogen and oxygen atoms in total. The first kappa shape index (κ1) is 16.7. The Hall–Kier alpha value is -1.67. The maximum absolute atomic E-state index is 12.2. The Morgan fingerprint density at radius 3 is 2.27 bits per heavy atom. The molecule has 2 rings (SSSR count). The average Bonchev–Trinajstić information content (AvgIpc) is 2.48. The summed E-state index contributed by atoms with van der Waals surface area (Å²) in [6, 6.07) is 10.2. The summed E-state index contributed by atoms with van der Waals surface area (Å²) < 4.78 is 1.49. The van der Waals surface area contributed by atoms with Gasteiger partial charge in [-0.2, -0.15) is 0 Å². The summed E-state index contributed by atoms with van der Waals surface area (Å²) in [7, 11) is 0. The largest absolute Gasteiger partial charge is 0.506 e. The lowest BCUT2D eigenvalue weighted by molar-refractivity contribution is 0.0693. The number of benzene rings is 2. The minimum Gasteiger partial charge on any atom is -0.506 e. The lowest BCUT2D eigenvalue weighted by atomic mass is 10.0. The van der Waals surface area contributed by atoms with E-state index in [1.165, 1.54) is 18.2 Å². The van der Waals surface area contributed by atoms with Crippen LogP contribution < -0.4 is 0 Å². The molecule has 2 aromatic carbocycles. The molecule has 0 fully saturated rings. The average molecular weight is 473 g/mol. The van der Waals surface area contributed by atoms with Gasteiger partial charge in [0.05, 0.1) is 5.56 Å². The van der Waals surface area contributed by atoms with Crippen molar-refractivity contribution in [1.82, 2.24) is 0 Å². The number of rotatable bonds is 4. The fraction of sp³-hybridized carbons (Fsp3) is 0. The van der Waals surface area contributed by atoms with Crippen LogP contribution >= 0.6 is 38.5 Å². The Balaban J connectivity index is 2.33. The molecule has 0 aliphatic heterocycles. The molecule has 0 saturated heterocycles. The number of carbonyl (C=O) groups is 2. The van der Waals surface area contributed by atoms with Crippen LogP contribution in [0, 0.1) is 3.57 Å². The van der Waals surface area contributed by atoms with Gasteiger partial charge < -0.3 is 10.2 Å². The standard InChI is InChI=1S/C16H10BrIO4/c17-10-7-12(15(20)13(8-10)16(21)22)14(19)6-3-9-1-4-11(18)5-2-9/h1-8,20H,(H,21,22)/b6-3+. The zero-order valence-electron chi connectivity index (χ0n) is 11.1. The van der Waals surface area contributed by atoms with E-state index in [-0.39, 0.29) is 11.1 Å². The lowest BCUT2D eigenvalue weighted by Gasteiger charge is -2.05. The van der Waals surface area contributed by atoms with Gasteiger partial charge in [0.15, 0.2) is 5.78 Å². The van der Waals surface area contributed by atoms with Crippen molar-refractivity contribution in [2.45, 2.75) is 0 Å². The molecule has 0 saturated carbocycles. The summed E-state index contributed by atoms with van der Waals surface area (Å²) in [5.41, 5.74) is 0.454. The Kier molecular flexibility index (Phi) is 5.36. The molecule has 22 heavy (non-hydrogen) atoms. The molecule has 0 amide bonds. The van der Waals surface area contributed by atoms with E-state index in [1.54, 1.807) is 6.08 Å². The van der Waals surface area contributed by atoms with Crippen molar-refractivity contribution < 1.29 is 19.8 Å². The zero-order chi connectivity index (χ0) is 16.3. The number of allylic oxidation sites excluding steroid dienone is 1. The highest BCUT2D eigenvalue weighted by molar-refractivity contribution is 14.1. The van der Waals surface area contributed by atoms with Crippen molar-refractivity contribution in [2.24, 2.45) is 0 Å². The van der Waals surface area contributed by atoms with Crippen molar-refractivity contribution in [3.8, 4) is 5.75 Å². The summed E-state index contributed by atoms with van der Waals surface area (Å²) in [6.07, 6.45) is 2.91. The molecule has 2 N–H and O–H groups in total. The number of halogens is 2. The van der Waals surface area contributed by atoms with Crippen LogP contribution in [0.25, 0.3) is 6.08 Å². The molecule has 0 unspecified atom stereocenters. The second kappa shape index (κ2) is 7.06. The van der Waals surface area contributed by atoms with E-state index in [2.05, 4.69) is 38.5 Å². The maximum Gasteiger partial charge on any atom is 0.339 e. The number of hydrogen-bond donors (Lipinski definition) is 2. The summed E-state index contributed by atoms with van der Waals surface area (Å²) >= 11 is 5.32. The normalized spacial score (nSPS) is 10.8. The number of carboxylic acid groups (broad SMARTS) is 1. The Bertz CT molecular complexity index is 766. The van der Waals surface area contributed by atoms with Crippen molar-refractivity contribution >= 4 is 56.3 Å². The third-order valence-corrected chi connectivity index (χ3v) is 4.04. The number of phenols is 1. The van der Waals surface area contributed by atoms with Crippen LogP contribution in [0.4, 0.5) is 0 Å². The first-order valence-corrected chi connectivity index (χ1v) is 7.99. The van der Waals surface area contributed by atoms with Crippen molar-refractivity contribution in [2.75, 3.05) is 0 Å². The third-order valence-electron chi connectivity index (χ3n) is 2.87. The van der Waals surface area contributed by atoms with Crippen LogP contribution in [0.3, 0.4) is 0 Å². The Morgan fingerprint density at radius 1 is 1.09 bits per heavy atom. The quantitative estimate of drug-likeness (QED) is 0.394. The van der Waals surface area contributed by atoms with Crippen LogP contribution in [0.1, 0.15) is 26.3 Å². The predicted octanol–water partition coefficient (Wildman–Crippen LogP) is 4.35. The summed E-state index contributed by atoms with van der Waals surface area (Å²) in [5.74, 6) is -2.30. The number of aromatic carboxylic acids is 1. The van der Waals surface area contributed by atoms with E-state index in [0.717, 1.165) is 9.13 Å². The first-order valence-electron chi connectivity index (χ1n) is 6.12. The second-order valence-electron chi connectivity index (χ2n) is 4.40. The molecule has 2 aromatic rings. The first-order chi connectivity index (χ1) is 10.4. The molecular weight excluding hydrogens is 463 g/mol. The molecular formula is C16H10BrIO4. The molecule has 0 atom stereocenters. The third kappa shape index (κ3) is 3.95. The number of ketones is 1. The number of hydrogen-bond acceptors (Lipinski definition) is 3. The van der Waals surface area contributed by atoms with Gasteiger partial charge in [-0.05, 0) is 58.5 Å². The van der Waals surface area contributed by atoms with Gasteiger partial charge in [0, 0.05) is 8.04 Å². The molecule has 0 aliphatic rings. The topological polar surface area (TPSA) is 74.6 Å². The van der Waals surface area contributed by atoms with Gasteiger partial charge in [-0.25, -0.2) is 4.79 Å². The SMILES string of the molecule is O=C(O)c1cc(Br)cc(C(=O)/C=C/c2ccc(I)cc2)c1O. The lowest BCUT2D eigenvalue weighted by Crippen LogP contribution is -2.03. The van der Waals surface area contributed by atoms with E-state index in [0.29, 0.717) is 4.47 Å². The van der Waals surface area contributed by atoms with Crippen LogP contribution in [-0.4, -0.2) is 22.0 Å². The predicted molar refractivity (Wildman–Crippen MR) is 95.3 cm³/mol. The van der Waals surface area contributed by atoms with Gasteiger partial charge in [0.1, 0.15) is 11.3 Å². The molecule has 0 heterocycles. The van der Waals surface area contributed by atoms with Crippen molar-refractivity contribution in [1.29, 1.82) is 0 Å². The fourth-order valence-electron chi connectivity index (χ4n) is 1.79. The van der Waals surface area contributed by atoms with Crippen LogP contribution in [0.15, 0.2) is 46.9 Å². The van der Waals surface area contributed by atoms with Gasteiger partial charge in [-0.15, -0.1) is 0 Å². The molecule has 0 radical (unpaired) electrons. The minimum atomic E-state index is -1.30. The van der Waals surface area contributed by atoms with E-state index >= 15 is 0 Å². The van der Waals surface area contributed by atoms with Crippen LogP contribution in [-0.2, 0) is 0 Å². The Morgan fingerprint density at radius 2 is 1.68 bits per heavy atom. The van der Waals surface area contributed by atoms with Crippen LogP contribution in [0.2, 0.25) is 0 Å². The summed E-state index contributed by atoms with van der Waals surface area (Å²) in [5, 5.41) is 18.9. The maximum atomic E-state index is 12.2. The van der Waals surface area contributed by atoms with Gasteiger partial charge in [-0.1, -0.05) is 34.1 Å². The number of aromatic hydroxyl groups is 1. The zero-order valence-corrected chi connectivity index (χ0v) is 14.8. The summed E-state index contributed by atoms with van der Waals surface area (Å²) in [4.78, 5) is 23.2. The Labute approximate surface area is 148 Å². The highest BCUT2D eigenvalue weighted by Crippen LogP contribution is 2.28. The monoisotopic (exact) mass is 472 g/mol. The molecule has 0 bridgehead atoms. The minimum absolute atomic E-state index is 0.0615. The smallest absolute Gasteiger partial charge is 0.339 e. The van der Waals surface area contributed by atoms with E-state index < -0.39 is 17.5 Å². The summed E-state index contributed by atoms with van der Waals surface area (Å²) in [6.45, 7) is 0. The van der Waals surface area contributed by atoms with E-state index in [4.69, 9.17) is 5.11 Å². The van der Waals surface area contributed by atoms with E-state index in [9.17, 15) is 14.7 Å². The second-order valence-corrected chi connectivity index (χ2v) is 6.57. The molecule has 0 aromatic heterocycles. The van der Waals surface area contributed by atoms with Gasteiger partial charge in [0.25, 0.3) is 0 Å². The molecule has 0 aliphatic carbocycles. The molecule has 0 spiro atoms. The highest BCUT2D eigenvalue weighted by Gasteiger charge is 2.18. The fourth-order valence-corrected chi connectivity index (χ4v) is 2.60. The van der Waals surface area contributed by atoms with Crippen LogP contribution in [0.5, 0.6) is 5.75 Å². The number of carboxylic acids is 1. The van der Waals surface area contributed by atoms with Gasteiger partial charge in [-0.3, -0.25) is 4.79 Å². The van der Waals surface area contributed by atoms with Crippen molar-refractivity contribution in [3.63, 3.8) is 0 Å². The van der Waals surface area contributed by atoms with E-state index in [1.807, 2.05) is 24.3 Å². The number of carbonyl (C=O) groups excluding carboxylic acids is 1. The molecule has 6 heteroatoms. The van der Waals surface area contributed by atoms with Gasteiger partial charge >= 0.3 is 5.97 Å².